The fraction of sp³-hybridized carbons (Fsp3) is 0.176. The van der Waals surface area contributed by atoms with Crippen LogP contribution in [0.3, 0.4) is 0 Å². The monoisotopic (exact) mass is 332 g/mol. The quantitative estimate of drug-likeness (QED) is 0.915. The molecule has 2 aromatic carbocycles. The summed E-state index contributed by atoms with van der Waals surface area (Å²) in [5, 5.41) is 3.00. The van der Waals surface area contributed by atoms with Crippen molar-refractivity contribution in [3.05, 3.63) is 59.1 Å². The van der Waals surface area contributed by atoms with Gasteiger partial charge in [-0.15, -0.1) is 0 Å². The van der Waals surface area contributed by atoms with E-state index in [1.54, 1.807) is 44.4 Å². The summed E-state index contributed by atoms with van der Waals surface area (Å²) in [5.74, 6) is 0.0770. The number of nitrogens with one attached hydrogen (secondary N) is 1. The van der Waals surface area contributed by atoms with Gasteiger partial charge in [-0.05, 0) is 30.3 Å². The second-order valence-electron chi connectivity index (χ2n) is 5.04. The van der Waals surface area contributed by atoms with E-state index in [9.17, 15) is 9.59 Å². The number of nitrogens with zero attached hydrogens (tertiary/aromatic N) is 1. The minimum Gasteiger partial charge on any atom is -0.484 e. The van der Waals surface area contributed by atoms with Crippen LogP contribution >= 0.6 is 11.6 Å². The number of rotatable bonds is 5. The van der Waals surface area contributed by atoms with Crippen molar-refractivity contribution in [3.63, 3.8) is 0 Å². The van der Waals surface area contributed by atoms with Gasteiger partial charge < -0.3 is 15.0 Å². The highest BCUT2D eigenvalue weighted by atomic mass is 35.5. The fourth-order valence-electron chi connectivity index (χ4n) is 1.86. The first-order valence-corrected chi connectivity index (χ1v) is 7.34. The third-order valence-corrected chi connectivity index (χ3v) is 3.34. The topological polar surface area (TPSA) is 58.6 Å². The summed E-state index contributed by atoms with van der Waals surface area (Å²) in [6.45, 7) is -0.147. The number of hydrogen-bond acceptors (Lipinski definition) is 3. The van der Waals surface area contributed by atoms with Gasteiger partial charge in [0.25, 0.3) is 11.8 Å². The van der Waals surface area contributed by atoms with Gasteiger partial charge in [-0.1, -0.05) is 29.8 Å². The SMILES string of the molecule is CN(C)C(=O)c1ccc(Cl)c(NC(=O)COc2ccccc2)c1. The summed E-state index contributed by atoms with van der Waals surface area (Å²) in [4.78, 5) is 25.4. The summed E-state index contributed by atoms with van der Waals surface area (Å²) in [7, 11) is 3.31. The molecule has 0 spiro atoms. The third-order valence-electron chi connectivity index (χ3n) is 3.01. The van der Waals surface area contributed by atoms with Gasteiger partial charge in [0.15, 0.2) is 6.61 Å². The van der Waals surface area contributed by atoms with Crippen LogP contribution in [0, 0.1) is 0 Å². The molecule has 0 bridgehead atoms. The molecular formula is C17H17ClN2O3. The lowest BCUT2D eigenvalue weighted by Crippen LogP contribution is -2.23. The van der Waals surface area contributed by atoms with Crippen LogP contribution in [0.5, 0.6) is 5.75 Å². The van der Waals surface area contributed by atoms with E-state index < -0.39 is 0 Å². The number of hydrogen-bond donors (Lipinski definition) is 1. The van der Waals surface area contributed by atoms with Crippen molar-refractivity contribution in [2.75, 3.05) is 26.0 Å². The smallest absolute Gasteiger partial charge is 0.262 e. The number of benzene rings is 2. The van der Waals surface area contributed by atoms with Gasteiger partial charge in [-0.25, -0.2) is 0 Å². The zero-order chi connectivity index (χ0) is 16.8. The maximum Gasteiger partial charge on any atom is 0.262 e. The van der Waals surface area contributed by atoms with Crippen molar-refractivity contribution in [1.29, 1.82) is 0 Å². The molecule has 0 aromatic heterocycles. The van der Waals surface area contributed by atoms with Gasteiger partial charge in [0.05, 0.1) is 10.7 Å². The molecule has 1 N–H and O–H groups in total. The first kappa shape index (κ1) is 16.8. The summed E-state index contributed by atoms with van der Waals surface area (Å²) in [6, 6.07) is 13.8. The molecule has 23 heavy (non-hydrogen) atoms. The lowest BCUT2D eigenvalue weighted by molar-refractivity contribution is -0.118. The van der Waals surface area contributed by atoms with Crippen LogP contribution in [0.4, 0.5) is 5.69 Å². The molecule has 2 aromatic rings. The molecule has 2 rings (SSSR count). The molecule has 0 saturated heterocycles. The number of anilines is 1. The standard InChI is InChI=1S/C17H17ClN2O3/c1-20(2)17(22)12-8-9-14(18)15(10-12)19-16(21)11-23-13-6-4-3-5-7-13/h3-10H,11H2,1-2H3,(H,19,21). The first-order chi connectivity index (χ1) is 11.0. The predicted molar refractivity (Wildman–Crippen MR) is 90.0 cm³/mol. The third kappa shape index (κ3) is 4.72. The van der Waals surface area contributed by atoms with Crippen LogP contribution in [-0.4, -0.2) is 37.4 Å². The van der Waals surface area contributed by atoms with E-state index in [1.165, 1.54) is 4.90 Å². The summed E-state index contributed by atoms with van der Waals surface area (Å²) in [6.07, 6.45) is 0. The van der Waals surface area contributed by atoms with E-state index in [2.05, 4.69) is 5.32 Å². The van der Waals surface area contributed by atoms with Crippen LogP contribution in [0.25, 0.3) is 0 Å². The Morgan fingerprint density at radius 1 is 1.13 bits per heavy atom. The molecule has 0 heterocycles. The zero-order valence-corrected chi connectivity index (χ0v) is 13.6. The van der Waals surface area contributed by atoms with Crippen LogP contribution < -0.4 is 10.1 Å². The van der Waals surface area contributed by atoms with Crippen molar-refractivity contribution >= 4 is 29.1 Å². The minimum atomic E-state index is -0.356. The van der Waals surface area contributed by atoms with E-state index in [0.717, 1.165) is 0 Å². The Morgan fingerprint density at radius 3 is 2.48 bits per heavy atom. The lowest BCUT2D eigenvalue weighted by Gasteiger charge is -2.13. The molecule has 5 nitrogen and oxygen atoms in total. The summed E-state index contributed by atoms with van der Waals surface area (Å²) < 4.78 is 5.37. The Kier molecular flexibility index (Phi) is 5.60. The molecule has 0 aliphatic heterocycles. The van der Waals surface area contributed by atoms with Crippen molar-refractivity contribution in [1.82, 2.24) is 4.90 Å². The highest BCUT2D eigenvalue weighted by Gasteiger charge is 2.12. The highest BCUT2D eigenvalue weighted by Crippen LogP contribution is 2.23. The predicted octanol–water partition coefficient (Wildman–Crippen LogP) is 3.06. The molecule has 0 saturated carbocycles. The Bertz CT molecular complexity index is 702. The highest BCUT2D eigenvalue weighted by molar-refractivity contribution is 6.33. The molecule has 6 heteroatoms. The Labute approximate surface area is 139 Å². The van der Waals surface area contributed by atoms with Crippen LogP contribution in [0.15, 0.2) is 48.5 Å². The molecule has 0 fully saturated rings. The molecule has 120 valence electrons. The number of halogens is 1. The van der Waals surface area contributed by atoms with Crippen LogP contribution in [-0.2, 0) is 4.79 Å². The second kappa shape index (κ2) is 7.65. The normalized spacial score (nSPS) is 10.0. The van der Waals surface area contributed by atoms with E-state index in [4.69, 9.17) is 16.3 Å². The van der Waals surface area contributed by atoms with Gasteiger partial charge in [-0.2, -0.15) is 0 Å². The van der Waals surface area contributed by atoms with Crippen LogP contribution in [0.1, 0.15) is 10.4 Å². The van der Waals surface area contributed by atoms with Crippen molar-refractivity contribution in [2.45, 2.75) is 0 Å². The molecule has 0 unspecified atom stereocenters. The molecular weight excluding hydrogens is 316 g/mol. The average molecular weight is 333 g/mol. The van der Waals surface area contributed by atoms with E-state index in [-0.39, 0.29) is 18.4 Å². The van der Waals surface area contributed by atoms with Gasteiger partial charge in [0, 0.05) is 19.7 Å². The van der Waals surface area contributed by atoms with Crippen molar-refractivity contribution in [3.8, 4) is 5.75 Å². The molecule has 0 atom stereocenters. The molecule has 0 aliphatic rings. The van der Waals surface area contributed by atoms with Gasteiger partial charge in [0.2, 0.25) is 0 Å². The average Bonchev–Trinajstić information content (AvgIpc) is 2.55. The largest absolute Gasteiger partial charge is 0.484 e. The summed E-state index contributed by atoms with van der Waals surface area (Å²) in [5.41, 5.74) is 0.819. The molecule has 0 aliphatic carbocycles. The zero-order valence-electron chi connectivity index (χ0n) is 12.9. The van der Waals surface area contributed by atoms with E-state index in [1.807, 2.05) is 18.2 Å². The molecule has 2 amide bonds. The van der Waals surface area contributed by atoms with Crippen LogP contribution in [0.2, 0.25) is 5.02 Å². The van der Waals surface area contributed by atoms with E-state index >= 15 is 0 Å². The number of amides is 2. The van der Waals surface area contributed by atoms with Gasteiger partial charge in [0.1, 0.15) is 5.75 Å². The van der Waals surface area contributed by atoms with Gasteiger partial charge in [-0.3, -0.25) is 9.59 Å². The van der Waals surface area contributed by atoms with Crippen molar-refractivity contribution in [2.24, 2.45) is 0 Å². The fourth-order valence-corrected chi connectivity index (χ4v) is 2.03. The number of carbonyl (C=O) groups excluding carboxylic acids is 2. The van der Waals surface area contributed by atoms with Gasteiger partial charge >= 0.3 is 0 Å². The first-order valence-electron chi connectivity index (χ1n) is 6.96. The second-order valence-corrected chi connectivity index (χ2v) is 5.45. The Balaban J connectivity index is 2.02. The Morgan fingerprint density at radius 2 is 1.83 bits per heavy atom. The lowest BCUT2D eigenvalue weighted by atomic mass is 10.2. The Hall–Kier alpha value is -2.53. The maximum absolute atomic E-state index is 12.0. The summed E-state index contributed by atoms with van der Waals surface area (Å²) >= 11 is 6.06. The van der Waals surface area contributed by atoms with E-state index in [0.29, 0.717) is 22.0 Å². The number of para-hydroxylation sites is 1. The maximum atomic E-state index is 12.0. The number of carbonyl (C=O) groups is 2. The van der Waals surface area contributed by atoms with Crippen molar-refractivity contribution < 1.29 is 14.3 Å². The number of ether oxygens (including phenoxy) is 1. The molecule has 0 radical (unpaired) electrons. The minimum absolute atomic E-state index is 0.147.